The van der Waals surface area contributed by atoms with Crippen molar-refractivity contribution in [2.75, 3.05) is 5.01 Å². The molecule has 1 aliphatic rings. The quantitative estimate of drug-likeness (QED) is 0.550. The van der Waals surface area contributed by atoms with Gasteiger partial charge in [-0.05, 0) is 24.6 Å². The number of hydrogen-bond acceptors (Lipinski definition) is 4. The van der Waals surface area contributed by atoms with Crippen molar-refractivity contribution in [3.8, 4) is 11.3 Å². The number of aromatic nitrogens is 1. The minimum Gasteiger partial charge on any atom is -0.231 e. The molecule has 1 aliphatic heterocycles. The fraction of sp³-hybridized carbons (Fsp3) is 0.158. The number of hydrogen-bond donors (Lipinski definition) is 0. The third kappa shape index (κ3) is 3.01. The summed E-state index contributed by atoms with van der Waals surface area (Å²) in [5.41, 5.74) is 4.52. The summed E-state index contributed by atoms with van der Waals surface area (Å²) < 4.78 is 1.06. The van der Waals surface area contributed by atoms with Crippen LogP contribution in [-0.2, 0) is 0 Å². The molecular formula is C19H16BrN3S. The minimum atomic E-state index is 0.229. The van der Waals surface area contributed by atoms with E-state index in [0.717, 1.165) is 33.0 Å². The van der Waals surface area contributed by atoms with E-state index in [4.69, 9.17) is 10.1 Å². The van der Waals surface area contributed by atoms with Gasteiger partial charge >= 0.3 is 0 Å². The molecule has 2 aromatic carbocycles. The smallest absolute Gasteiger partial charge is 0.207 e. The summed E-state index contributed by atoms with van der Waals surface area (Å²) in [5.74, 6) is 0. The molecule has 24 heavy (non-hydrogen) atoms. The molecule has 3 nitrogen and oxygen atoms in total. The lowest BCUT2D eigenvalue weighted by Gasteiger charge is -2.21. The van der Waals surface area contributed by atoms with Gasteiger partial charge in [-0.1, -0.05) is 58.4 Å². The van der Waals surface area contributed by atoms with Crippen molar-refractivity contribution < 1.29 is 0 Å². The molecule has 0 aliphatic carbocycles. The summed E-state index contributed by atoms with van der Waals surface area (Å²) in [6, 6.07) is 19.0. The average Bonchev–Trinajstić information content (AvgIpc) is 3.22. The molecule has 0 saturated carbocycles. The standard InChI is InChI=1S/C19H16BrN3S/c1-13-10-18(14-6-3-2-4-7-14)23(22-13)19-21-17(12-24-19)15-8-5-9-16(20)11-15/h2-9,11-12,18H,10H2,1H3/t18-/m1/s1. The highest BCUT2D eigenvalue weighted by Gasteiger charge is 2.29. The Balaban J connectivity index is 1.67. The second kappa shape index (κ2) is 6.49. The molecule has 120 valence electrons. The Bertz CT molecular complexity index is 888. The Morgan fingerprint density at radius 1 is 1.12 bits per heavy atom. The van der Waals surface area contributed by atoms with Crippen molar-refractivity contribution in [1.82, 2.24) is 4.98 Å². The SMILES string of the molecule is CC1=NN(c2nc(-c3cccc(Br)c3)cs2)[C@@H](c2ccccc2)C1. The molecule has 1 aromatic heterocycles. The van der Waals surface area contributed by atoms with Crippen LogP contribution in [0, 0.1) is 0 Å². The summed E-state index contributed by atoms with van der Waals surface area (Å²) in [6.45, 7) is 2.08. The highest BCUT2D eigenvalue weighted by Crippen LogP contribution is 2.38. The van der Waals surface area contributed by atoms with Gasteiger partial charge in [0.2, 0.25) is 5.13 Å². The molecule has 0 bridgehead atoms. The van der Waals surface area contributed by atoms with E-state index in [2.05, 4.69) is 69.6 Å². The number of rotatable bonds is 3. The lowest BCUT2D eigenvalue weighted by atomic mass is 10.0. The van der Waals surface area contributed by atoms with E-state index in [1.807, 2.05) is 18.2 Å². The van der Waals surface area contributed by atoms with Crippen LogP contribution in [0.5, 0.6) is 0 Å². The molecule has 0 spiro atoms. The van der Waals surface area contributed by atoms with Crippen LogP contribution in [0.3, 0.4) is 0 Å². The van der Waals surface area contributed by atoms with E-state index >= 15 is 0 Å². The lowest BCUT2D eigenvalue weighted by Crippen LogP contribution is -2.18. The fourth-order valence-electron chi connectivity index (χ4n) is 2.92. The first-order chi connectivity index (χ1) is 11.7. The van der Waals surface area contributed by atoms with Crippen molar-refractivity contribution in [2.45, 2.75) is 19.4 Å². The van der Waals surface area contributed by atoms with Crippen molar-refractivity contribution in [1.29, 1.82) is 0 Å². The van der Waals surface area contributed by atoms with Crippen molar-refractivity contribution in [3.05, 3.63) is 70.0 Å². The van der Waals surface area contributed by atoms with E-state index in [1.54, 1.807) is 11.3 Å². The van der Waals surface area contributed by atoms with Crippen LogP contribution in [0.25, 0.3) is 11.3 Å². The molecule has 1 atom stereocenters. The summed E-state index contributed by atoms with van der Waals surface area (Å²) in [4.78, 5) is 4.83. The minimum absolute atomic E-state index is 0.229. The van der Waals surface area contributed by atoms with Crippen LogP contribution in [0.2, 0.25) is 0 Å². The van der Waals surface area contributed by atoms with Gasteiger partial charge in [0.25, 0.3) is 0 Å². The Morgan fingerprint density at radius 2 is 1.96 bits per heavy atom. The summed E-state index contributed by atoms with van der Waals surface area (Å²) in [6.07, 6.45) is 0.940. The van der Waals surface area contributed by atoms with E-state index in [9.17, 15) is 0 Å². The second-order valence-electron chi connectivity index (χ2n) is 5.84. The van der Waals surface area contributed by atoms with E-state index < -0.39 is 0 Å². The Kier molecular flexibility index (Phi) is 4.21. The monoisotopic (exact) mass is 397 g/mol. The van der Waals surface area contributed by atoms with E-state index in [1.165, 1.54) is 5.56 Å². The van der Waals surface area contributed by atoms with Gasteiger partial charge in [-0.25, -0.2) is 9.99 Å². The van der Waals surface area contributed by atoms with Gasteiger partial charge in [0.05, 0.1) is 11.7 Å². The first-order valence-corrected chi connectivity index (χ1v) is 9.48. The third-order valence-corrected chi connectivity index (χ3v) is 5.38. The lowest BCUT2D eigenvalue weighted by molar-refractivity contribution is 0.706. The van der Waals surface area contributed by atoms with Crippen molar-refractivity contribution in [3.63, 3.8) is 0 Å². The predicted octanol–water partition coefficient (Wildman–Crippen LogP) is 5.90. The van der Waals surface area contributed by atoms with Gasteiger partial charge in [0, 0.05) is 27.5 Å². The highest BCUT2D eigenvalue weighted by atomic mass is 79.9. The zero-order valence-electron chi connectivity index (χ0n) is 13.2. The van der Waals surface area contributed by atoms with Crippen molar-refractivity contribution >= 4 is 38.1 Å². The molecule has 0 unspecified atom stereocenters. The maximum atomic E-state index is 4.83. The number of thiazole rings is 1. The molecule has 2 heterocycles. The van der Waals surface area contributed by atoms with Gasteiger partial charge < -0.3 is 0 Å². The molecule has 0 radical (unpaired) electrons. The molecule has 0 fully saturated rings. The summed E-state index contributed by atoms with van der Waals surface area (Å²) in [7, 11) is 0. The molecule has 5 heteroatoms. The maximum absolute atomic E-state index is 4.83. The van der Waals surface area contributed by atoms with Gasteiger partial charge in [-0.3, -0.25) is 0 Å². The van der Waals surface area contributed by atoms with Crippen LogP contribution in [0.15, 0.2) is 69.6 Å². The maximum Gasteiger partial charge on any atom is 0.207 e. The number of anilines is 1. The normalized spacial score (nSPS) is 17.2. The molecule has 0 amide bonds. The van der Waals surface area contributed by atoms with Gasteiger partial charge in [-0.2, -0.15) is 5.10 Å². The Labute approximate surface area is 153 Å². The summed E-state index contributed by atoms with van der Waals surface area (Å²) in [5, 5.41) is 9.84. The molecular weight excluding hydrogens is 382 g/mol. The second-order valence-corrected chi connectivity index (χ2v) is 7.59. The number of benzene rings is 2. The Morgan fingerprint density at radius 3 is 2.75 bits per heavy atom. The van der Waals surface area contributed by atoms with Crippen LogP contribution < -0.4 is 5.01 Å². The molecule has 4 rings (SSSR count). The van der Waals surface area contributed by atoms with Gasteiger partial charge in [0.15, 0.2) is 0 Å². The van der Waals surface area contributed by atoms with Crippen LogP contribution in [0.1, 0.15) is 24.9 Å². The Hall–Kier alpha value is -1.98. The predicted molar refractivity (Wildman–Crippen MR) is 105 cm³/mol. The van der Waals surface area contributed by atoms with Crippen LogP contribution in [0.4, 0.5) is 5.13 Å². The van der Waals surface area contributed by atoms with Crippen LogP contribution >= 0.6 is 27.3 Å². The van der Waals surface area contributed by atoms with Gasteiger partial charge in [-0.15, -0.1) is 11.3 Å². The largest absolute Gasteiger partial charge is 0.231 e. The fourth-order valence-corrected chi connectivity index (χ4v) is 4.15. The highest BCUT2D eigenvalue weighted by molar-refractivity contribution is 9.10. The van der Waals surface area contributed by atoms with Gasteiger partial charge in [0.1, 0.15) is 0 Å². The van der Waals surface area contributed by atoms with E-state index in [-0.39, 0.29) is 6.04 Å². The summed E-state index contributed by atoms with van der Waals surface area (Å²) >= 11 is 5.16. The number of nitrogens with zero attached hydrogens (tertiary/aromatic N) is 3. The molecule has 0 N–H and O–H groups in total. The molecule has 0 saturated heterocycles. The zero-order valence-corrected chi connectivity index (χ0v) is 15.6. The first kappa shape index (κ1) is 15.5. The number of hydrazone groups is 1. The van der Waals surface area contributed by atoms with Crippen molar-refractivity contribution in [2.24, 2.45) is 5.10 Å². The van der Waals surface area contributed by atoms with E-state index in [0.29, 0.717) is 0 Å². The third-order valence-electron chi connectivity index (χ3n) is 4.06. The first-order valence-electron chi connectivity index (χ1n) is 7.80. The molecule has 3 aromatic rings. The zero-order chi connectivity index (χ0) is 16.5. The van der Waals surface area contributed by atoms with Crippen LogP contribution in [-0.4, -0.2) is 10.7 Å². The topological polar surface area (TPSA) is 28.5 Å². The number of halogens is 1. The average molecular weight is 398 g/mol.